The zero-order chi connectivity index (χ0) is 62.0. The molecule has 10 aromatic rings. The Labute approximate surface area is 452 Å². The molecule has 0 fully saturated rings. The van der Waals surface area contributed by atoms with Crippen molar-refractivity contribution in [2.24, 2.45) is 0 Å². The Hall–Kier alpha value is -8.42. The van der Waals surface area contributed by atoms with Crippen LogP contribution in [0.4, 0.5) is 27.5 Å². The van der Waals surface area contributed by atoms with Crippen molar-refractivity contribution >= 4 is 50.6 Å². The molecule has 0 atom stereocenters. The summed E-state index contributed by atoms with van der Waals surface area (Å²) in [6.45, 7) is 16.4. The fourth-order valence-electron chi connectivity index (χ4n) is 9.50. The molecular formula is C67H62N4O3. The van der Waals surface area contributed by atoms with Gasteiger partial charge in [0, 0.05) is 49.9 Å². The van der Waals surface area contributed by atoms with Crippen LogP contribution in [-0.4, -0.2) is 15.6 Å². The van der Waals surface area contributed by atoms with Crippen LogP contribution in [0, 0.1) is 6.85 Å². The Balaban J connectivity index is 1.03. The van der Waals surface area contributed by atoms with Crippen molar-refractivity contribution in [1.29, 1.82) is 0 Å². The van der Waals surface area contributed by atoms with Gasteiger partial charge in [0.05, 0.1) is 40.4 Å². The third-order valence-corrected chi connectivity index (χ3v) is 13.5. The molecule has 74 heavy (non-hydrogen) atoms. The fraction of sp³-hybridized carbons (Fsp3) is 0.194. The van der Waals surface area contributed by atoms with E-state index in [0.717, 1.165) is 22.3 Å². The lowest BCUT2D eigenvalue weighted by Crippen LogP contribution is -2.38. The van der Waals surface area contributed by atoms with Gasteiger partial charge in [-0.1, -0.05) is 190 Å². The smallest absolute Gasteiger partial charge is 0.443 e. The molecule has 0 aliphatic carbocycles. The number of nitrogens with zero attached hydrogens (tertiary/aromatic N) is 4. The summed E-state index contributed by atoms with van der Waals surface area (Å²) >= 11 is 0. The highest BCUT2D eigenvalue weighted by Crippen LogP contribution is 2.50. The lowest BCUT2D eigenvalue weighted by molar-refractivity contribution is 0.153. The van der Waals surface area contributed by atoms with Crippen LogP contribution in [0.25, 0.3) is 61.0 Å². The molecule has 0 radical (unpaired) electrons. The van der Waals surface area contributed by atoms with E-state index in [9.17, 15) is 4.11 Å². The van der Waals surface area contributed by atoms with Crippen molar-refractivity contribution in [3.63, 3.8) is 0 Å². The highest BCUT2D eigenvalue weighted by atomic mass is 16.7. The van der Waals surface area contributed by atoms with Gasteiger partial charge in [-0.25, -0.2) is 14.7 Å². The van der Waals surface area contributed by atoms with E-state index < -0.39 is 55.2 Å². The zero-order valence-corrected chi connectivity index (χ0v) is 42.8. The van der Waals surface area contributed by atoms with Gasteiger partial charge in [0.2, 0.25) is 0 Å². The van der Waals surface area contributed by atoms with Crippen LogP contribution in [-0.2, 0) is 21.1 Å². The number of hydrogen-bond acceptors (Lipinski definition) is 5. The van der Waals surface area contributed by atoms with E-state index in [0.29, 0.717) is 44.7 Å². The molecule has 1 aliphatic rings. The lowest BCUT2D eigenvalue weighted by atomic mass is 9.78. The quantitative estimate of drug-likeness (QED) is 0.152. The molecule has 0 bridgehead atoms. The normalized spacial score (nSPS) is 15.6. The van der Waals surface area contributed by atoms with Crippen molar-refractivity contribution in [2.45, 2.75) is 85.4 Å². The molecule has 11 rings (SSSR count). The molecule has 2 aromatic heterocycles. The molecular weight excluding hydrogens is 909 g/mol. The molecule has 1 aliphatic heterocycles. The maximum Gasteiger partial charge on any atom is 0.443 e. The molecule has 0 saturated heterocycles. The van der Waals surface area contributed by atoms with Crippen LogP contribution in [0.1, 0.15) is 101 Å². The zero-order valence-electron chi connectivity index (χ0n) is 54.8. The van der Waals surface area contributed by atoms with Crippen molar-refractivity contribution < 1.29 is 30.8 Å². The Morgan fingerprint density at radius 3 is 1.89 bits per heavy atom. The first-order valence-electron chi connectivity index (χ1n) is 30.6. The fourth-order valence-corrected chi connectivity index (χ4v) is 9.50. The first-order valence-corrected chi connectivity index (χ1v) is 24.6. The topological polar surface area (TPSA) is 59.8 Å². The van der Waals surface area contributed by atoms with E-state index >= 15 is 4.79 Å². The second kappa shape index (κ2) is 18.3. The number of carbonyl (C=O) groups excluding carboxylic acids is 1. The van der Waals surface area contributed by atoms with E-state index in [1.54, 1.807) is 78.9 Å². The van der Waals surface area contributed by atoms with Gasteiger partial charge in [-0.2, -0.15) is 5.06 Å². The van der Waals surface area contributed by atoms with Crippen molar-refractivity contribution in [1.82, 2.24) is 9.55 Å². The number of aryl methyl sites for hydroxylation is 1. The van der Waals surface area contributed by atoms with Crippen molar-refractivity contribution in [3.8, 4) is 50.7 Å². The minimum Gasteiger partial charge on any atom is -0.457 e. The standard InChI is InChI=1S/C67H62N4O3/c1-43-36-62(68-42-57(43)45-30-32-47(33-31-45)65(2,3)4)70-58-27-15-14-24-55(58)56-35-34-52(41-61(56)70)73-51-23-18-22-50(40-51)69-59-28-16-17-29-60(59)71(74-64(69)72)63-53(44-20-12-11-13-21-44)25-19-26-54(63)46-37-48(66(5,6)7)39-49(38-46)67(8,9)10/h11-42H,1-10H3/i1D3,11D,12D,13D,14D,15D,20D,21D,24D,27D. The third kappa shape index (κ3) is 8.87. The summed E-state index contributed by atoms with van der Waals surface area (Å²) in [4.78, 5) is 27.7. The Kier molecular flexibility index (Phi) is 8.80. The van der Waals surface area contributed by atoms with Gasteiger partial charge in [-0.15, -0.1) is 0 Å². The maximum absolute atomic E-state index is 15.1. The lowest BCUT2D eigenvalue weighted by Gasteiger charge is -2.37. The molecule has 7 nitrogen and oxygen atoms in total. The summed E-state index contributed by atoms with van der Waals surface area (Å²) in [6, 6.07) is 35.5. The van der Waals surface area contributed by atoms with Crippen LogP contribution in [0.2, 0.25) is 0 Å². The Bertz CT molecular complexity index is 4380. The Morgan fingerprint density at radius 2 is 1.19 bits per heavy atom. The summed E-state index contributed by atoms with van der Waals surface area (Å²) in [7, 11) is 0. The second-order valence-electron chi connectivity index (χ2n) is 21.7. The largest absolute Gasteiger partial charge is 0.457 e. The number of ether oxygens (including phenoxy) is 1. The summed E-state index contributed by atoms with van der Waals surface area (Å²) in [5, 5.41) is 2.00. The number of pyridine rings is 1. The third-order valence-electron chi connectivity index (χ3n) is 13.5. The van der Waals surface area contributed by atoms with E-state index in [-0.39, 0.29) is 78.9 Å². The average Bonchev–Trinajstić information content (AvgIpc) is 1.43. The monoisotopic (exact) mass is 983 g/mol. The van der Waals surface area contributed by atoms with E-state index in [2.05, 4.69) is 80.5 Å². The highest BCUT2D eigenvalue weighted by Gasteiger charge is 2.36. The number of carbonyl (C=O) groups is 1. The number of anilines is 4. The van der Waals surface area contributed by atoms with E-state index in [1.807, 2.05) is 30.3 Å². The number of aromatic nitrogens is 2. The number of hydrogen-bond donors (Lipinski definition) is 0. The van der Waals surface area contributed by atoms with Gasteiger partial charge in [0.15, 0.2) is 0 Å². The molecule has 8 aromatic carbocycles. The van der Waals surface area contributed by atoms with Gasteiger partial charge in [-0.3, -0.25) is 4.57 Å². The van der Waals surface area contributed by atoms with Crippen LogP contribution in [0.5, 0.6) is 11.5 Å². The summed E-state index contributed by atoms with van der Waals surface area (Å²) < 4.78 is 114. The minimum atomic E-state index is -2.62. The van der Waals surface area contributed by atoms with Gasteiger partial charge in [-0.05, 0) is 111 Å². The first-order chi connectivity index (χ1) is 40.3. The molecule has 1 amide bonds. The number of rotatable bonds is 8. The summed E-state index contributed by atoms with van der Waals surface area (Å²) in [5.74, 6) is 0.631. The van der Waals surface area contributed by atoms with Crippen LogP contribution in [0.15, 0.2) is 194 Å². The van der Waals surface area contributed by atoms with Crippen molar-refractivity contribution in [3.05, 3.63) is 216 Å². The SMILES string of the molecule is [2H]c1c([2H])c([2H])c(-c2cccc(-c3cc(C(C)(C)C)cc(C(C)(C)C)c3)c2N2OC(=O)N(c3cccc(Oc4ccc5c6c([2H])c([2H])c([2H])c([2H])c6n(-c6cc(C([2H])([2H])[2H])c(-c7ccc(C(C)(C)C)cc7)cn6)c5c4)c3)c3ccccc32)c([2H])c1[2H]. The molecule has 0 saturated carbocycles. The number of amides is 1. The molecule has 7 heteroatoms. The number of benzene rings is 8. The first kappa shape index (κ1) is 35.7. The Morgan fingerprint density at radius 1 is 0.541 bits per heavy atom. The van der Waals surface area contributed by atoms with E-state index in [4.69, 9.17) is 26.9 Å². The van der Waals surface area contributed by atoms with Crippen molar-refractivity contribution in [2.75, 3.05) is 9.96 Å². The van der Waals surface area contributed by atoms with Crippen LogP contribution >= 0.6 is 0 Å². The van der Waals surface area contributed by atoms with E-state index in [1.165, 1.54) is 26.8 Å². The van der Waals surface area contributed by atoms with Gasteiger partial charge >= 0.3 is 6.09 Å². The molecule has 368 valence electrons. The van der Waals surface area contributed by atoms with Crippen LogP contribution in [0.3, 0.4) is 0 Å². The molecule has 3 heterocycles. The van der Waals surface area contributed by atoms with Gasteiger partial charge in [0.25, 0.3) is 0 Å². The second-order valence-corrected chi connectivity index (χ2v) is 21.7. The van der Waals surface area contributed by atoms with Gasteiger partial charge < -0.3 is 9.57 Å². The molecule has 0 unspecified atom stereocenters. The average molecular weight is 983 g/mol. The molecule has 0 N–H and O–H groups in total. The van der Waals surface area contributed by atoms with Crippen LogP contribution < -0.4 is 14.7 Å². The highest BCUT2D eigenvalue weighted by molar-refractivity contribution is 6.10. The number of para-hydroxylation sites is 4. The summed E-state index contributed by atoms with van der Waals surface area (Å²) in [5.41, 5.74) is 6.68. The van der Waals surface area contributed by atoms with Gasteiger partial charge in [0.1, 0.15) is 23.0 Å². The molecule has 0 spiro atoms. The minimum absolute atomic E-state index is 0.00809. The predicted octanol–water partition coefficient (Wildman–Crippen LogP) is 18.5. The predicted molar refractivity (Wildman–Crippen MR) is 306 cm³/mol. The maximum atomic E-state index is 15.1. The summed E-state index contributed by atoms with van der Waals surface area (Å²) in [6.07, 6.45) is 0.637. The number of fused-ring (bicyclic) bond motifs is 4.